The van der Waals surface area contributed by atoms with Crippen molar-refractivity contribution in [2.45, 2.75) is 239 Å². The normalized spacial score (nSPS) is 12.8. The van der Waals surface area contributed by atoms with Gasteiger partial charge < -0.3 is 14.2 Å². The van der Waals surface area contributed by atoms with Gasteiger partial charge in [-0.15, -0.1) is 0 Å². The van der Waals surface area contributed by atoms with E-state index in [4.69, 9.17) is 14.2 Å². The van der Waals surface area contributed by atoms with Gasteiger partial charge in [-0.2, -0.15) is 0 Å². The zero-order chi connectivity index (χ0) is 45.1. The Morgan fingerprint density at radius 2 is 0.629 bits per heavy atom. The quantitative estimate of drug-likeness (QED) is 0.0263. The molecule has 0 amide bonds. The second-order valence-corrected chi connectivity index (χ2v) is 16.7. The molecule has 0 aromatic carbocycles. The molecule has 0 aliphatic carbocycles. The van der Waals surface area contributed by atoms with Gasteiger partial charge in [0, 0.05) is 19.3 Å². The van der Waals surface area contributed by atoms with Crippen molar-refractivity contribution < 1.29 is 28.6 Å². The lowest BCUT2D eigenvalue weighted by Gasteiger charge is -2.18. The lowest BCUT2D eigenvalue weighted by molar-refractivity contribution is -0.167. The van der Waals surface area contributed by atoms with E-state index in [0.717, 1.165) is 135 Å². The standard InChI is InChI=1S/C56H94O6/c1-4-7-10-13-16-19-22-25-27-28-30-31-34-37-40-43-46-49-55(58)61-52-53(51-60-54(57)48-45-42-39-36-33-24-21-18-15-12-9-6-3)62-56(59)50-47-44-41-38-35-32-29-26-23-20-17-14-11-8-5-2/h7-8,10-11,16-17,19-20,25-27,29-31,53H,4-6,9,12-15,18,21-24,28,32-52H2,1-3H3/b10-7-,11-8-,19-16-,20-17-,27-25-,29-26-,31-30-. The zero-order valence-corrected chi connectivity index (χ0v) is 40.4. The van der Waals surface area contributed by atoms with E-state index in [0.29, 0.717) is 19.3 Å². The number of rotatable bonds is 45. The van der Waals surface area contributed by atoms with E-state index in [1.165, 1.54) is 57.8 Å². The number of hydrogen-bond donors (Lipinski definition) is 0. The maximum absolute atomic E-state index is 12.8. The fourth-order valence-electron chi connectivity index (χ4n) is 6.86. The van der Waals surface area contributed by atoms with Crippen LogP contribution in [0.2, 0.25) is 0 Å². The van der Waals surface area contributed by atoms with Gasteiger partial charge in [0.1, 0.15) is 13.2 Å². The van der Waals surface area contributed by atoms with Crippen LogP contribution in [0.1, 0.15) is 233 Å². The van der Waals surface area contributed by atoms with E-state index < -0.39 is 6.10 Å². The lowest BCUT2D eigenvalue weighted by Crippen LogP contribution is -2.30. The van der Waals surface area contributed by atoms with Crippen LogP contribution in [0.5, 0.6) is 0 Å². The predicted octanol–water partition coefficient (Wildman–Crippen LogP) is 16.8. The summed E-state index contributed by atoms with van der Waals surface area (Å²) in [6.45, 7) is 6.37. The monoisotopic (exact) mass is 863 g/mol. The molecule has 0 aliphatic heterocycles. The summed E-state index contributed by atoms with van der Waals surface area (Å²) in [5.74, 6) is -0.933. The molecule has 6 heteroatoms. The zero-order valence-electron chi connectivity index (χ0n) is 40.4. The minimum absolute atomic E-state index is 0.0907. The largest absolute Gasteiger partial charge is 0.462 e. The SMILES string of the molecule is CC/C=C\C/C=C\C/C=C\C/C=C\CCCCCCC(=O)OCC(COC(=O)CCCCCCCCCCCCCC)OC(=O)CCCCCCC/C=C\C/C=C\C/C=C\CC. The summed E-state index contributed by atoms with van der Waals surface area (Å²) in [5.41, 5.74) is 0. The van der Waals surface area contributed by atoms with Crippen LogP contribution in [0.3, 0.4) is 0 Å². The van der Waals surface area contributed by atoms with Gasteiger partial charge in [0.05, 0.1) is 0 Å². The van der Waals surface area contributed by atoms with E-state index >= 15 is 0 Å². The molecular formula is C56H94O6. The van der Waals surface area contributed by atoms with Gasteiger partial charge in [-0.25, -0.2) is 0 Å². The van der Waals surface area contributed by atoms with Gasteiger partial charge in [-0.3, -0.25) is 14.4 Å². The number of ether oxygens (including phenoxy) is 3. The van der Waals surface area contributed by atoms with E-state index in [1.54, 1.807) is 0 Å². The molecule has 0 fully saturated rings. The Morgan fingerprint density at radius 1 is 0.339 bits per heavy atom. The van der Waals surface area contributed by atoms with Gasteiger partial charge >= 0.3 is 17.9 Å². The molecule has 1 unspecified atom stereocenters. The Labute approximate surface area is 382 Å². The second-order valence-electron chi connectivity index (χ2n) is 16.7. The molecule has 354 valence electrons. The van der Waals surface area contributed by atoms with E-state index in [-0.39, 0.29) is 31.1 Å². The van der Waals surface area contributed by atoms with Crippen LogP contribution < -0.4 is 0 Å². The van der Waals surface area contributed by atoms with Crippen molar-refractivity contribution >= 4 is 17.9 Å². The molecule has 1 atom stereocenters. The fourth-order valence-corrected chi connectivity index (χ4v) is 6.86. The summed E-state index contributed by atoms with van der Waals surface area (Å²) in [4.78, 5) is 38.0. The smallest absolute Gasteiger partial charge is 0.306 e. The van der Waals surface area contributed by atoms with Gasteiger partial charge in [-0.05, 0) is 89.9 Å². The highest BCUT2D eigenvalue weighted by Crippen LogP contribution is 2.14. The van der Waals surface area contributed by atoms with Crippen molar-refractivity contribution in [3.8, 4) is 0 Å². The third-order valence-corrected chi connectivity index (χ3v) is 10.6. The van der Waals surface area contributed by atoms with Crippen LogP contribution >= 0.6 is 0 Å². The Bertz CT molecular complexity index is 1220. The van der Waals surface area contributed by atoms with Crippen molar-refractivity contribution in [3.63, 3.8) is 0 Å². The highest BCUT2D eigenvalue weighted by Gasteiger charge is 2.19. The molecule has 0 saturated carbocycles. The molecule has 0 saturated heterocycles. The summed E-state index contributed by atoms with van der Waals surface area (Å²) < 4.78 is 16.8. The molecule has 62 heavy (non-hydrogen) atoms. The van der Waals surface area contributed by atoms with E-state index in [2.05, 4.69) is 106 Å². The average molecular weight is 863 g/mol. The Morgan fingerprint density at radius 3 is 0.984 bits per heavy atom. The Balaban J connectivity index is 4.45. The first-order valence-corrected chi connectivity index (χ1v) is 25.6. The van der Waals surface area contributed by atoms with Gasteiger partial charge in [0.25, 0.3) is 0 Å². The molecule has 0 spiro atoms. The minimum atomic E-state index is -0.794. The van der Waals surface area contributed by atoms with Crippen LogP contribution in [0, 0.1) is 0 Å². The number of carbonyl (C=O) groups excluding carboxylic acids is 3. The lowest BCUT2D eigenvalue weighted by atomic mass is 10.0. The maximum atomic E-state index is 12.8. The highest BCUT2D eigenvalue weighted by atomic mass is 16.6. The second kappa shape index (κ2) is 50.2. The number of esters is 3. The predicted molar refractivity (Wildman–Crippen MR) is 265 cm³/mol. The molecule has 6 nitrogen and oxygen atoms in total. The summed E-state index contributed by atoms with van der Waals surface area (Å²) in [7, 11) is 0. The summed E-state index contributed by atoms with van der Waals surface area (Å²) in [6.07, 6.45) is 64.2. The van der Waals surface area contributed by atoms with Crippen molar-refractivity contribution in [1.82, 2.24) is 0 Å². The first-order valence-electron chi connectivity index (χ1n) is 25.6. The molecule has 0 heterocycles. The van der Waals surface area contributed by atoms with Gasteiger partial charge in [0.15, 0.2) is 6.10 Å². The molecule has 0 radical (unpaired) electrons. The molecule has 0 rings (SSSR count). The van der Waals surface area contributed by atoms with Crippen LogP contribution in [-0.4, -0.2) is 37.2 Å². The van der Waals surface area contributed by atoms with Crippen molar-refractivity contribution in [1.29, 1.82) is 0 Å². The van der Waals surface area contributed by atoms with Crippen molar-refractivity contribution in [2.75, 3.05) is 13.2 Å². The van der Waals surface area contributed by atoms with Crippen molar-refractivity contribution in [3.05, 3.63) is 85.1 Å². The average Bonchev–Trinajstić information content (AvgIpc) is 3.27. The number of unbranched alkanes of at least 4 members (excludes halogenated alkanes) is 20. The van der Waals surface area contributed by atoms with Crippen molar-refractivity contribution in [2.24, 2.45) is 0 Å². The van der Waals surface area contributed by atoms with Crippen LogP contribution in [0.4, 0.5) is 0 Å². The van der Waals surface area contributed by atoms with Crippen LogP contribution in [-0.2, 0) is 28.6 Å². The van der Waals surface area contributed by atoms with Crippen LogP contribution in [0.25, 0.3) is 0 Å². The van der Waals surface area contributed by atoms with Crippen LogP contribution in [0.15, 0.2) is 85.1 Å². The number of hydrogen-bond acceptors (Lipinski definition) is 6. The Hall–Kier alpha value is -3.41. The maximum Gasteiger partial charge on any atom is 0.306 e. The molecule has 0 aromatic heterocycles. The van der Waals surface area contributed by atoms with Gasteiger partial charge in [-0.1, -0.05) is 209 Å². The molecule has 0 aromatic rings. The highest BCUT2D eigenvalue weighted by molar-refractivity contribution is 5.71. The number of allylic oxidation sites excluding steroid dienone is 14. The summed E-state index contributed by atoms with van der Waals surface area (Å²) >= 11 is 0. The molecule has 0 N–H and O–H groups in total. The summed E-state index contributed by atoms with van der Waals surface area (Å²) in [6, 6.07) is 0. The van der Waals surface area contributed by atoms with E-state index in [1.807, 2.05) is 0 Å². The minimum Gasteiger partial charge on any atom is -0.462 e. The third-order valence-electron chi connectivity index (χ3n) is 10.6. The third kappa shape index (κ3) is 47.6. The van der Waals surface area contributed by atoms with E-state index in [9.17, 15) is 14.4 Å². The van der Waals surface area contributed by atoms with Gasteiger partial charge in [0.2, 0.25) is 0 Å². The first kappa shape index (κ1) is 58.6. The Kier molecular flexibility index (Phi) is 47.5. The number of carbonyl (C=O) groups is 3. The molecular weight excluding hydrogens is 769 g/mol. The molecule has 0 bridgehead atoms. The topological polar surface area (TPSA) is 78.9 Å². The first-order chi connectivity index (χ1) is 30.5. The molecule has 0 aliphatic rings. The summed E-state index contributed by atoms with van der Waals surface area (Å²) in [5, 5.41) is 0. The fraction of sp³-hybridized carbons (Fsp3) is 0.696.